The van der Waals surface area contributed by atoms with Gasteiger partial charge in [0, 0.05) is 11.1 Å². The fraction of sp³-hybridized carbons (Fsp3) is 0.438. The molecule has 1 N–H and O–H groups in total. The highest BCUT2D eigenvalue weighted by molar-refractivity contribution is 8.00. The number of benzene rings is 1. The molecule has 1 unspecified atom stereocenters. The lowest BCUT2D eigenvalue weighted by molar-refractivity contribution is -0.121. The number of carbonyl (C=O) groups is 1. The third-order valence-electron chi connectivity index (χ3n) is 2.93. The molecule has 0 aliphatic rings. The molecule has 22 heavy (non-hydrogen) atoms. The van der Waals surface area contributed by atoms with E-state index in [1.54, 1.807) is 0 Å². The molecule has 1 aromatic heterocycles. The van der Waals surface area contributed by atoms with E-state index in [-0.39, 0.29) is 16.7 Å². The normalized spacial score (nSPS) is 13.0. The second-order valence-electron chi connectivity index (χ2n) is 6.19. The number of aryl methyl sites for hydroxylation is 1. The molecule has 1 aromatic carbocycles. The number of nitrogens with zero attached hydrogens (tertiary/aromatic N) is 2. The van der Waals surface area contributed by atoms with E-state index < -0.39 is 0 Å². The predicted molar refractivity (Wildman–Crippen MR) is 87.7 cm³/mol. The molecule has 2 rings (SSSR count). The van der Waals surface area contributed by atoms with Crippen LogP contribution < -0.4 is 5.32 Å². The second-order valence-corrected chi connectivity index (χ2v) is 7.48. The highest BCUT2D eigenvalue weighted by Gasteiger charge is 2.22. The molecule has 0 radical (unpaired) electrons. The van der Waals surface area contributed by atoms with Crippen LogP contribution in [-0.2, 0) is 4.79 Å². The minimum Gasteiger partial charge on any atom is -0.411 e. The van der Waals surface area contributed by atoms with Crippen LogP contribution in [0.4, 0.5) is 0 Å². The van der Waals surface area contributed by atoms with Gasteiger partial charge in [-0.15, -0.1) is 10.2 Å². The van der Waals surface area contributed by atoms with Crippen LogP contribution in [-0.4, -0.2) is 26.9 Å². The van der Waals surface area contributed by atoms with Crippen LogP contribution in [0.25, 0.3) is 11.5 Å². The number of amides is 1. The van der Waals surface area contributed by atoms with Crippen LogP contribution in [0.2, 0.25) is 0 Å². The lowest BCUT2D eigenvalue weighted by Gasteiger charge is -2.22. The Hall–Kier alpha value is -1.82. The molecular weight excluding hydrogens is 298 g/mol. The predicted octanol–water partition coefficient (Wildman–Crippen LogP) is 3.44. The van der Waals surface area contributed by atoms with Crippen LogP contribution in [0.3, 0.4) is 0 Å². The van der Waals surface area contributed by atoms with Gasteiger partial charge < -0.3 is 9.73 Å². The Kier molecular flexibility index (Phi) is 4.90. The van der Waals surface area contributed by atoms with Crippen molar-refractivity contribution in [3.05, 3.63) is 29.8 Å². The molecule has 0 spiro atoms. The molecule has 0 saturated heterocycles. The first-order valence-corrected chi connectivity index (χ1v) is 8.02. The van der Waals surface area contributed by atoms with Gasteiger partial charge in [-0.1, -0.05) is 30.0 Å². The average Bonchev–Trinajstić information content (AvgIpc) is 2.85. The summed E-state index contributed by atoms with van der Waals surface area (Å²) in [6.45, 7) is 9.66. The summed E-state index contributed by atoms with van der Waals surface area (Å²) in [6.07, 6.45) is 0. The van der Waals surface area contributed by atoms with Crippen LogP contribution in [0.1, 0.15) is 33.3 Å². The van der Waals surface area contributed by atoms with Crippen molar-refractivity contribution in [2.45, 2.75) is 50.6 Å². The molecule has 1 amide bonds. The van der Waals surface area contributed by atoms with Gasteiger partial charge in [0.25, 0.3) is 5.22 Å². The van der Waals surface area contributed by atoms with E-state index in [1.165, 1.54) is 11.8 Å². The maximum Gasteiger partial charge on any atom is 0.277 e. The molecule has 5 nitrogen and oxygen atoms in total. The molecule has 0 bridgehead atoms. The number of nitrogens with one attached hydrogen (secondary N) is 1. The van der Waals surface area contributed by atoms with Crippen LogP contribution in [0.5, 0.6) is 0 Å². The van der Waals surface area contributed by atoms with Gasteiger partial charge in [-0.2, -0.15) is 0 Å². The summed E-state index contributed by atoms with van der Waals surface area (Å²) in [5, 5.41) is 11.1. The van der Waals surface area contributed by atoms with Crippen molar-refractivity contribution in [2.24, 2.45) is 0 Å². The van der Waals surface area contributed by atoms with Gasteiger partial charge in [-0.05, 0) is 46.2 Å². The molecule has 0 aliphatic carbocycles. The van der Waals surface area contributed by atoms with Crippen LogP contribution in [0, 0.1) is 6.92 Å². The largest absolute Gasteiger partial charge is 0.411 e. The number of rotatable bonds is 4. The van der Waals surface area contributed by atoms with E-state index in [4.69, 9.17) is 4.42 Å². The lowest BCUT2D eigenvalue weighted by atomic mass is 10.1. The maximum atomic E-state index is 12.1. The van der Waals surface area contributed by atoms with Crippen molar-refractivity contribution < 1.29 is 9.21 Å². The number of aromatic nitrogens is 2. The molecule has 0 fully saturated rings. The summed E-state index contributed by atoms with van der Waals surface area (Å²) in [7, 11) is 0. The average molecular weight is 319 g/mol. The van der Waals surface area contributed by atoms with Gasteiger partial charge in [0.1, 0.15) is 0 Å². The van der Waals surface area contributed by atoms with Crippen molar-refractivity contribution in [3.63, 3.8) is 0 Å². The van der Waals surface area contributed by atoms with Crippen LogP contribution in [0.15, 0.2) is 33.9 Å². The molecule has 1 atom stereocenters. The van der Waals surface area contributed by atoms with E-state index in [0.29, 0.717) is 11.1 Å². The maximum absolute atomic E-state index is 12.1. The standard InChI is InChI=1S/C16H21N3O2S/c1-10-8-6-7-9-12(10)14-18-19-15(21-14)22-11(2)13(20)17-16(3,4)5/h6-9,11H,1-5H3,(H,17,20). The Morgan fingerprint density at radius 3 is 2.59 bits per heavy atom. The summed E-state index contributed by atoms with van der Waals surface area (Å²) >= 11 is 1.26. The molecule has 118 valence electrons. The van der Waals surface area contributed by atoms with Crippen molar-refractivity contribution in [1.29, 1.82) is 0 Å². The van der Waals surface area contributed by atoms with Crippen molar-refractivity contribution in [1.82, 2.24) is 15.5 Å². The Balaban J connectivity index is 2.06. The minimum atomic E-state index is -0.301. The van der Waals surface area contributed by atoms with E-state index >= 15 is 0 Å². The quantitative estimate of drug-likeness (QED) is 0.874. The summed E-state index contributed by atoms with van der Waals surface area (Å²) in [5.41, 5.74) is 1.72. The minimum absolute atomic E-state index is 0.0480. The van der Waals surface area contributed by atoms with E-state index in [0.717, 1.165) is 11.1 Å². The molecule has 2 aromatic rings. The molecule has 6 heteroatoms. The Morgan fingerprint density at radius 2 is 1.95 bits per heavy atom. The van der Waals surface area contributed by atoms with E-state index in [2.05, 4.69) is 15.5 Å². The number of carbonyl (C=O) groups excluding carboxylic acids is 1. The van der Waals surface area contributed by atoms with Gasteiger partial charge in [0.05, 0.1) is 5.25 Å². The zero-order valence-corrected chi connectivity index (χ0v) is 14.3. The molecule has 0 aliphatic heterocycles. The first-order chi connectivity index (χ1) is 10.3. The number of thioether (sulfide) groups is 1. The zero-order valence-electron chi connectivity index (χ0n) is 13.5. The van der Waals surface area contributed by atoms with Crippen molar-refractivity contribution >= 4 is 17.7 Å². The Morgan fingerprint density at radius 1 is 1.27 bits per heavy atom. The summed E-state index contributed by atoms with van der Waals surface area (Å²) in [6, 6.07) is 7.82. The van der Waals surface area contributed by atoms with Gasteiger partial charge in [0.2, 0.25) is 11.8 Å². The number of hydrogen-bond donors (Lipinski definition) is 1. The van der Waals surface area contributed by atoms with Gasteiger partial charge in [0.15, 0.2) is 0 Å². The molecular formula is C16H21N3O2S. The lowest BCUT2D eigenvalue weighted by Crippen LogP contribution is -2.44. The zero-order chi connectivity index (χ0) is 16.3. The highest BCUT2D eigenvalue weighted by Crippen LogP contribution is 2.27. The van der Waals surface area contributed by atoms with Crippen molar-refractivity contribution in [2.75, 3.05) is 0 Å². The fourth-order valence-electron chi connectivity index (χ4n) is 1.86. The first-order valence-electron chi connectivity index (χ1n) is 7.14. The smallest absolute Gasteiger partial charge is 0.277 e. The third-order valence-corrected chi connectivity index (χ3v) is 3.86. The summed E-state index contributed by atoms with van der Waals surface area (Å²) in [4.78, 5) is 12.1. The second kappa shape index (κ2) is 6.52. The van der Waals surface area contributed by atoms with Gasteiger partial charge in [-0.3, -0.25) is 4.79 Å². The Bertz CT molecular complexity index is 661. The summed E-state index contributed by atoms with van der Waals surface area (Å²) in [5.74, 6) is 0.428. The molecule has 0 saturated carbocycles. The third kappa shape index (κ3) is 4.34. The van der Waals surface area contributed by atoms with Gasteiger partial charge >= 0.3 is 0 Å². The number of hydrogen-bond acceptors (Lipinski definition) is 5. The monoisotopic (exact) mass is 319 g/mol. The molecule has 1 heterocycles. The fourth-order valence-corrected chi connectivity index (χ4v) is 2.54. The first kappa shape index (κ1) is 16.5. The highest BCUT2D eigenvalue weighted by atomic mass is 32.2. The van der Waals surface area contributed by atoms with Gasteiger partial charge in [-0.25, -0.2) is 0 Å². The summed E-state index contributed by atoms with van der Waals surface area (Å²) < 4.78 is 5.66. The Labute approximate surface area is 134 Å². The van der Waals surface area contributed by atoms with Crippen LogP contribution >= 0.6 is 11.8 Å². The SMILES string of the molecule is Cc1ccccc1-c1nnc(SC(C)C(=O)NC(C)(C)C)o1. The van der Waals surface area contributed by atoms with E-state index in [1.807, 2.05) is 58.9 Å². The van der Waals surface area contributed by atoms with Crippen molar-refractivity contribution in [3.8, 4) is 11.5 Å². The van der Waals surface area contributed by atoms with E-state index in [9.17, 15) is 4.79 Å². The topological polar surface area (TPSA) is 68.0 Å².